The summed E-state index contributed by atoms with van der Waals surface area (Å²) in [4.78, 5) is 3.13. The number of aromatic nitrogens is 1. The molecule has 2 aromatic rings. The minimum atomic E-state index is 0.721. The van der Waals surface area contributed by atoms with Crippen LogP contribution in [0.3, 0.4) is 0 Å². The Labute approximate surface area is 93.5 Å². The fourth-order valence-electron chi connectivity index (χ4n) is 1.47. The molecule has 1 heterocycles. The van der Waals surface area contributed by atoms with Gasteiger partial charge in [-0.1, -0.05) is 30.4 Å². The lowest BCUT2D eigenvalue weighted by Crippen LogP contribution is -1.89. The van der Waals surface area contributed by atoms with Crippen LogP contribution in [-0.2, 0) is 0 Å². The maximum absolute atomic E-state index is 5.29. The Morgan fingerprint density at radius 2 is 1.87 bits per heavy atom. The molecule has 0 saturated carbocycles. The highest BCUT2D eigenvalue weighted by Gasteiger charge is 2.03. The number of hydrogen-bond donors (Lipinski definition) is 1. The second-order valence-electron chi connectivity index (χ2n) is 3.13. The molecule has 1 aromatic heterocycles. The number of hydrogen-bond acceptors (Lipinski definition) is 2. The summed E-state index contributed by atoms with van der Waals surface area (Å²) >= 11 is 5.08. The van der Waals surface area contributed by atoms with Crippen LogP contribution in [0.5, 0.6) is 5.75 Å². The Morgan fingerprint density at radius 3 is 2.60 bits per heavy atom. The average molecular weight is 217 g/mol. The van der Waals surface area contributed by atoms with E-state index in [-0.39, 0.29) is 0 Å². The van der Waals surface area contributed by atoms with Crippen molar-refractivity contribution in [2.45, 2.75) is 0 Å². The molecule has 1 aromatic carbocycles. The number of benzene rings is 1. The summed E-state index contributed by atoms with van der Waals surface area (Å²) in [6.45, 7) is 0. The zero-order valence-electron chi connectivity index (χ0n) is 8.36. The maximum atomic E-state index is 5.29. The van der Waals surface area contributed by atoms with Crippen molar-refractivity contribution >= 4 is 12.2 Å². The quantitative estimate of drug-likeness (QED) is 0.780. The molecule has 0 aliphatic rings. The molecule has 0 spiro atoms. The van der Waals surface area contributed by atoms with E-state index in [0.717, 1.165) is 21.6 Å². The van der Waals surface area contributed by atoms with E-state index in [0.29, 0.717) is 0 Å². The van der Waals surface area contributed by atoms with Gasteiger partial charge in [0.1, 0.15) is 10.4 Å². The largest absolute Gasteiger partial charge is 0.496 e. The number of pyridine rings is 1. The molecule has 1 N–H and O–H groups in total. The van der Waals surface area contributed by atoms with Crippen molar-refractivity contribution in [1.29, 1.82) is 0 Å². The third kappa shape index (κ3) is 2.07. The summed E-state index contributed by atoms with van der Waals surface area (Å²) in [5.41, 5.74) is 1.99. The molecule has 0 unspecified atom stereocenters. The van der Waals surface area contributed by atoms with E-state index in [1.165, 1.54) is 0 Å². The predicted octanol–water partition coefficient (Wildman–Crippen LogP) is 3.42. The molecule has 0 radical (unpaired) electrons. The van der Waals surface area contributed by atoms with Crippen molar-refractivity contribution < 1.29 is 4.74 Å². The summed E-state index contributed by atoms with van der Waals surface area (Å²) in [5.74, 6) is 0.842. The van der Waals surface area contributed by atoms with Gasteiger partial charge in [0.15, 0.2) is 0 Å². The first kappa shape index (κ1) is 9.93. The van der Waals surface area contributed by atoms with Gasteiger partial charge in [0, 0.05) is 5.56 Å². The van der Waals surface area contributed by atoms with Crippen molar-refractivity contribution in [2.75, 3.05) is 7.11 Å². The molecule has 76 valence electrons. The molecule has 0 aliphatic carbocycles. The first-order valence-corrected chi connectivity index (χ1v) is 5.05. The number of methoxy groups -OCH3 is 1. The van der Waals surface area contributed by atoms with E-state index in [1.54, 1.807) is 7.11 Å². The van der Waals surface area contributed by atoms with E-state index >= 15 is 0 Å². The van der Waals surface area contributed by atoms with Gasteiger partial charge < -0.3 is 9.72 Å². The summed E-state index contributed by atoms with van der Waals surface area (Å²) in [5, 5.41) is 0. The van der Waals surface area contributed by atoms with Gasteiger partial charge in [-0.25, -0.2) is 0 Å². The van der Waals surface area contributed by atoms with E-state index in [4.69, 9.17) is 17.0 Å². The monoisotopic (exact) mass is 217 g/mol. The van der Waals surface area contributed by atoms with Gasteiger partial charge in [-0.3, -0.25) is 0 Å². The fraction of sp³-hybridized carbons (Fsp3) is 0.0833. The smallest absolute Gasteiger partial charge is 0.128 e. The highest BCUT2D eigenvalue weighted by molar-refractivity contribution is 7.71. The first-order valence-electron chi connectivity index (χ1n) is 4.64. The Balaban J connectivity index is 2.58. The van der Waals surface area contributed by atoms with Crippen LogP contribution < -0.4 is 4.74 Å². The minimum Gasteiger partial charge on any atom is -0.496 e. The molecule has 2 rings (SSSR count). The summed E-state index contributed by atoms with van der Waals surface area (Å²) < 4.78 is 6.01. The van der Waals surface area contributed by atoms with Gasteiger partial charge in [-0.15, -0.1) is 0 Å². The lowest BCUT2D eigenvalue weighted by atomic mass is 10.1. The molecule has 3 heteroatoms. The van der Waals surface area contributed by atoms with Gasteiger partial charge in [-0.2, -0.15) is 0 Å². The Kier molecular flexibility index (Phi) is 2.83. The highest BCUT2D eigenvalue weighted by atomic mass is 32.1. The zero-order valence-corrected chi connectivity index (χ0v) is 9.17. The molecular weight excluding hydrogens is 206 g/mol. The van der Waals surface area contributed by atoms with Gasteiger partial charge in [0.05, 0.1) is 12.8 Å². The zero-order chi connectivity index (χ0) is 10.7. The Bertz CT molecular complexity index is 519. The average Bonchev–Trinajstić information content (AvgIpc) is 2.29. The molecule has 15 heavy (non-hydrogen) atoms. The molecule has 0 aliphatic heterocycles. The molecule has 0 fully saturated rings. The maximum Gasteiger partial charge on any atom is 0.128 e. The van der Waals surface area contributed by atoms with E-state index in [9.17, 15) is 0 Å². The minimum absolute atomic E-state index is 0.721. The van der Waals surface area contributed by atoms with Gasteiger partial charge in [0.2, 0.25) is 0 Å². The fourth-order valence-corrected chi connectivity index (χ4v) is 1.66. The number of ether oxygens (including phenoxy) is 1. The third-order valence-electron chi connectivity index (χ3n) is 2.17. The topological polar surface area (TPSA) is 25.0 Å². The number of rotatable bonds is 2. The summed E-state index contributed by atoms with van der Waals surface area (Å²) in [6, 6.07) is 13.6. The normalized spacial score (nSPS) is 9.93. The molecule has 0 bridgehead atoms. The lowest BCUT2D eigenvalue weighted by Gasteiger charge is -2.07. The SMILES string of the molecule is COc1ccccc1-c1cccc(=S)[nH]1. The molecular formula is C12H11NOS. The van der Waals surface area contributed by atoms with Gasteiger partial charge in [-0.05, 0) is 24.3 Å². The lowest BCUT2D eigenvalue weighted by molar-refractivity contribution is 0.416. The molecule has 0 saturated heterocycles. The first-order chi connectivity index (χ1) is 7.31. The van der Waals surface area contributed by atoms with Crippen molar-refractivity contribution in [2.24, 2.45) is 0 Å². The van der Waals surface area contributed by atoms with Crippen molar-refractivity contribution in [1.82, 2.24) is 4.98 Å². The number of para-hydroxylation sites is 1. The summed E-state index contributed by atoms with van der Waals surface area (Å²) in [6.07, 6.45) is 0. The third-order valence-corrected chi connectivity index (χ3v) is 2.40. The predicted molar refractivity (Wildman–Crippen MR) is 63.6 cm³/mol. The van der Waals surface area contributed by atoms with Crippen molar-refractivity contribution in [3.05, 3.63) is 47.1 Å². The molecule has 0 amide bonds. The van der Waals surface area contributed by atoms with Gasteiger partial charge >= 0.3 is 0 Å². The van der Waals surface area contributed by atoms with Crippen molar-refractivity contribution in [3.63, 3.8) is 0 Å². The number of H-pyrrole nitrogens is 1. The second kappa shape index (κ2) is 4.28. The Morgan fingerprint density at radius 1 is 1.07 bits per heavy atom. The second-order valence-corrected chi connectivity index (χ2v) is 3.57. The van der Waals surface area contributed by atoms with Gasteiger partial charge in [0.25, 0.3) is 0 Å². The Hall–Kier alpha value is -1.61. The number of nitrogens with one attached hydrogen (secondary N) is 1. The van der Waals surface area contributed by atoms with Crippen LogP contribution in [0.25, 0.3) is 11.3 Å². The van der Waals surface area contributed by atoms with Crippen LogP contribution in [0.4, 0.5) is 0 Å². The highest BCUT2D eigenvalue weighted by Crippen LogP contribution is 2.27. The van der Waals surface area contributed by atoms with Crippen LogP contribution in [0.1, 0.15) is 0 Å². The summed E-state index contributed by atoms with van der Waals surface area (Å²) in [7, 11) is 1.66. The molecule has 2 nitrogen and oxygen atoms in total. The van der Waals surface area contributed by atoms with Crippen molar-refractivity contribution in [3.8, 4) is 17.0 Å². The van der Waals surface area contributed by atoms with E-state index < -0.39 is 0 Å². The van der Waals surface area contributed by atoms with Crippen LogP contribution in [0, 0.1) is 4.64 Å². The standard InChI is InChI=1S/C12H11NOS/c1-14-11-7-3-2-5-9(11)10-6-4-8-12(15)13-10/h2-8H,1H3,(H,13,15). The van der Waals surface area contributed by atoms with E-state index in [1.807, 2.05) is 42.5 Å². The van der Waals surface area contributed by atoms with Crippen LogP contribution in [-0.4, -0.2) is 12.1 Å². The number of aromatic amines is 1. The van der Waals surface area contributed by atoms with Crippen LogP contribution in [0.15, 0.2) is 42.5 Å². The van der Waals surface area contributed by atoms with Crippen LogP contribution in [0.2, 0.25) is 0 Å². The van der Waals surface area contributed by atoms with Crippen LogP contribution >= 0.6 is 12.2 Å². The van der Waals surface area contributed by atoms with E-state index in [2.05, 4.69) is 4.98 Å². The molecule has 0 atom stereocenters.